The van der Waals surface area contributed by atoms with Gasteiger partial charge in [-0.05, 0) is 242 Å². The summed E-state index contributed by atoms with van der Waals surface area (Å²) in [6, 6.07) is 111. The topological polar surface area (TPSA) is 149 Å². The van der Waals surface area contributed by atoms with Gasteiger partial charge in [-0.2, -0.15) is 0 Å². The zero-order valence-electron chi connectivity index (χ0n) is 67.7. The highest BCUT2D eigenvalue weighted by atomic mass is 32.2. The van der Waals surface area contributed by atoms with Crippen LogP contribution in [0.4, 0.5) is 5.69 Å². The Morgan fingerprint density at radius 3 is 1.22 bits per heavy atom. The van der Waals surface area contributed by atoms with Gasteiger partial charge in [-0.1, -0.05) is 230 Å². The van der Waals surface area contributed by atoms with Crippen molar-refractivity contribution in [2.45, 2.75) is 45.0 Å². The van der Waals surface area contributed by atoms with Crippen molar-refractivity contribution >= 4 is 92.9 Å². The smallest absolute Gasteiger partial charge is 0.142 e. The lowest BCUT2D eigenvalue weighted by molar-refractivity contribution is 0.0537. The van der Waals surface area contributed by atoms with E-state index in [1.54, 1.807) is 61.5 Å². The van der Waals surface area contributed by atoms with E-state index in [1.807, 2.05) is 208 Å². The Bertz CT molecular complexity index is 6570. The quantitative estimate of drug-likeness (QED) is 0.0477. The second-order valence-corrected chi connectivity index (χ2v) is 31.7. The van der Waals surface area contributed by atoms with Crippen LogP contribution >= 0.6 is 11.8 Å². The Morgan fingerprint density at radius 1 is 0.311 bits per heavy atom. The highest BCUT2D eigenvalue weighted by Gasteiger charge is 2.48. The number of ether oxygens (including phenoxy) is 7. The number of fused-ring (bicyclic) bond motifs is 3. The average molecular weight is 1590 g/mol. The van der Waals surface area contributed by atoms with Crippen LogP contribution < -0.4 is 38.1 Å². The predicted octanol–water partition coefficient (Wildman–Crippen LogP) is 22.8. The first-order valence-electron chi connectivity index (χ1n) is 39.7. The minimum atomic E-state index is -1.35. The first-order chi connectivity index (χ1) is 57.9. The fraction of sp³-hybridized carbons (Fsp3) is 0.151. The van der Waals surface area contributed by atoms with E-state index < -0.39 is 22.4 Å². The van der Waals surface area contributed by atoms with Crippen molar-refractivity contribution in [3.63, 3.8) is 0 Å². The molecule has 20 rings (SSSR count). The number of hydrogen-bond donors (Lipinski definition) is 4. The fourth-order valence-corrected chi connectivity index (χ4v) is 18.6. The number of benzene rings is 18. The van der Waals surface area contributed by atoms with Crippen molar-refractivity contribution in [2.24, 2.45) is 5.92 Å². The van der Waals surface area contributed by atoms with Crippen LogP contribution in [0.5, 0.6) is 40.2 Å². The lowest BCUT2D eigenvalue weighted by Gasteiger charge is -2.37. The number of anilines is 1. The van der Waals surface area contributed by atoms with Crippen molar-refractivity contribution in [3.8, 4) is 40.2 Å². The molecule has 0 saturated heterocycles. The summed E-state index contributed by atoms with van der Waals surface area (Å²) in [6.45, 7) is 0. The maximum absolute atomic E-state index is 12.7. The van der Waals surface area contributed by atoms with Gasteiger partial charge in [-0.3, -0.25) is 0 Å². The van der Waals surface area contributed by atoms with Crippen LogP contribution in [0.25, 0.3) is 75.4 Å². The van der Waals surface area contributed by atoms with Crippen LogP contribution in [0, 0.1) is 5.92 Å². The van der Waals surface area contributed by atoms with Crippen LogP contribution in [0.2, 0.25) is 0 Å². The van der Waals surface area contributed by atoms with Gasteiger partial charge in [0.25, 0.3) is 0 Å². The van der Waals surface area contributed by atoms with E-state index in [9.17, 15) is 20.4 Å². The van der Waals surface area contributed by atoms with Gasteiger partial charge in [0, 0.05) is 57.9 Å². The molecule has 0 radical (unpaired) electrons. The lowest BCUT2D eigenvalue weighted by atomic mass is 9.77. The Balaban J connectivity index is 0.000000115. The summed E-state index contributed by atoms with van der Waals surface area (Å²) in [5.74, 6) is 5.35. The molecule has 13 heteroatoms. The second kappa shape index (κ2) is 32.4. The van der Waals surface area contributed by atoms with E-state index in [1.165, 1.54) is 48.5 Å². The van der Waals surface area contributed by atoms with E-state index in [4.69, 9.17) is 33.2 Å². The molecule has 1 saturated carbocycles. The molecule has 18 aromatic carbocycles. The molecule has 1 aliphatic heterocycles. The molecule has 1 aliphatic carbocycles. The molecule has 1 heterocycles. The third-order valence-corrected chi connectivity index (χ3v) is 25.0. The normalized spacial score (nSPS) is 14.6. The van der Waals surface area contributed by atoms with Gasteiger partial charge in [0.05, 0.1) is 49.8 Å². The van der Waals surface area contributed by atoms with Crippen LogP contribution in [0.15, 0.2) is 343 Å². The minimum Gasteiger partial charge on any atom is -0.497 e. The number of aliphatic hydroxyl groups is 4. The van der Waals surface area contributed by atoms with Crippen LogP contribution in [0.3, 0.4) is 0 Å². The molecule has 592 valence electrons. The van der Waals surface area contributed by atoms with Gasteiger partial charge in [-0.25, -0.2) is 0 Å². The van der Waals surface area contributed by atoms with E-state index in [2.05, 4.69) is 144 Å². The Hall–Kier alpha value is -13.1. The summed E-state index contributed by atoms with van der Waals surface area (Å²) in [7, 11) is 15.5. The van der Waals surface area contributed by atoms with Gasteiger partial charge in [0.1, 0.15) is 62.7 Å². The molecule has 12 nitrogen and oxygen atoms in total. The predicted molar refractivity (Wildman–Crippen MR) is 482 cm³/mol. The van der Waals surface area contributed by atoms with Crippen molar-refractivity contribution in [2.75, 3.05) is 68.8 Å². The zero-order valence-corrected chi connectivity index (χ0v) is 68.6. The Kier molecular flexibility index (Phi) is 21.4. The molecule has 1 fully saturated rings. The first kappa shape index (κ1) is 78.4. The van der Waals surface area contributed by atoms with Crippen molar-refractivity contribution in [1.29, 1.82) is 0 Å². The molecule has 3 unspecified atom stereocenters. The highest BCUT2D eigenvalue weighted by Crippen LogP contribution is 2.55. The number of rotatable bonds is 18. The van der Waals surface area contributed by atoms with Crippen molar-refractivity contribution in [3.05, 3.63) is 395 Å². The molecule has 0 spiro atoms. The number of nitrogens with zero attached hydrogens (tertiary/aromatic N) is 1. The third kappa shape index (κ3) is 14.2. The molecule has 18 aromatic rings. The maximum atomic E-state index is 12.7. The Labute approximate surface area is 696 Å². The third-order valence-electron chi connectivity index (χ3n) is 23.9. The monoisotopic (exact) mass is 1590 g/mol. The van der Waals surface area contributed by atoms with Gasteiger partial charge in [0.2, 0.25) is 0 Å². The minimum absolute atomic E-state index is 0.193. The van der Waals surface area contributed by atoms with Crippen LogP contribution in [-0.2, 0) is 22.4 Å². The van der Waals surface area contributed by atoms with Gasteiger partial charge < -0.3 is 58.5 Å². The molecule has 0 bridgehead atoms. The van der Waals surface area contributed by atoms with E-state index in [-0.39, 0.29) is 5.92 Å². The molecule has 2 aliphatic rings. The summed E-state index contributed by atoms with van der Waals surface area (Å²) in [4.78, 5) is 4.14. The van der Waals surface area contributed by atoms with Gasteiger partial charge in [0.15, 0.2) is 0 Å². The highest BCUT2D eigenvalue weighted by molar-refractivity contribution is 7.99. The van der Waals surface area contributed by atoms with Crippen molar-refractivity contribution in [1.82, 2.24) is 0 Å². The lowest BCUT2D eigenvalue weighted by Crippen LogP contribution is -2.32. The number of methoxy groups -OCH3 is 7. The summed E-state index contributed by atoms with van der Waals surface area (Å²) >= 11 is 1.68. The molecular weight excluding hydrogens is 1500 g/mol. The van der Waals surface area contributed by atoms with Gasteiger partial charge >= 0.3 is 0 Å². The molecule has 4 N–H and O–H groups in total. The van der Waals surface area contributed by atoms with Crippen LogP contribution in [-0.4, -0.2) is 84.3 Å². The summed E-state index contributed by atoms with van der Waals surface area (Å²) < 4.78 is 37.4. The Morgan fingerprint density at radius 2 is 0.697 bits per heavy atom. The van der Waals surface area contributed by atoms with Crippen LogP contribution in [0.1, 0.15) is 74.0 Å². The second-order valence-electron chi connectivity index (χ2n) is 30.6. The maximum Gasteiger partial charge on any atom is 0.142 e. The molecular formula is C106H91NO11S. The fourth-order valence-electron chi connectivity index (χ4n) is 17.4. The zero-order chi connectivity index (χ0) is 82.3. The largest absolute Gasteiger partial charge is 0.497 e. The summed E-state index contributed by atoms with van der Waals surface area (Å²) in [5.41, 5.74) is 5.26. The van der Waals surface area contributed by atoms with Crippen molar-refractivity contribution < 1.29 is 53.6 Å². The molecule has 0 amide bonds. The number of hydrogen-bond acceptors (Lipinski definition) is 13. The van der Waals surface area contributed by atoms with E-state index in [0.717, 1.165) is 145 Å². The summed E-state index contributed by atoms with van der Waals surface area (Å²) in [6.07, 6.45) is 2.00. The first-order valence-corrected chi connectivity index (χ1v) is 40.6. The standard InChI is InChI=1S/C32H27NO2.C30H20O2S.C25H22O3.C19H22O4/c1-33(2)26-15-11-24(12-16-26)32(34,25-13-17-27(35-3)18-14-25)29-20-10-23-8-7-21-5-4-6-22-9-19-28(29)31(23)30(21)22;1-32-23-13-14-25-27(17-23)33-26-8-3-2-7-24(26)30(25,31)22-15-20-11-9-18-5-4-6-19-10-12-21(16-22)29(20)28(18)19;1-27-23-13-9-20(10-14-23)25(26,21-11-15-24(28-2)16-12-21)22-8-7-18-5-3-4-6-19(18)17-22;1-21-15-8-6-14(7-9-15)19(20,13-4-5-13)17-11-10-16(22-2)12-18(17)23-3/h4-20,34H,1-3H3;2-17,31H,1H3;3-17,26H,1-2H3;6-13,20H,4-5H2,1-3H3. The van der Waals surface area contributed by atoms with Gasteiger partial charge in [-0.15, -0.1) is 0 Å². The van der Waals surface area contributed by atoms with E-state index >= 15 is 0 Å². The van der Waals surface area contributed by atoms with E-state index in [0.29, 0.717) is 11.5 Å². The SMILES string of the molecule is COc1ccc(C(O)(c2ccc(N(C)C)cc2)c2ccc3ccc4cccc5ccc2c3c45)cc1.COc1ccc(C(O)(c2ccc(OC)cc2)c2ccc3ccccc3c2)cc1.COc1ccc(C(O)(c2ccc(OC)cc2OC)C2CC2)cc1.COc1ccc2c(c1)Sc1ccccc1C2(O)c1cc2ccc3cccc4ccc(c1)c2c34. The molecule has 0 aromatic heterocycles. The summed E-state index contributed by atoms with van der Waals surface area (Å²) in [5, 5.41) is 65.5. The molecule has 3 atom stereocenters. The average Bonchev–Trinajstić information content (AvgIpc) is 1.71. The molecule has 119 heavy (non-hydrogen) atoms.